The van der Waals surface area contributed by atoms with Crippen molar-refractivity contribution in [2.45, 2.75) is 19.8 Å². The van der Waals surface area contributed by atoms with Crippen LogP contribution >= 0.6 is 0 Å². The monoisotopic (exact) mass is 245 g/mol. The minimum Gasteiger partial charge on any atom is -0.481 e. The van der Waals surface area contributed by atoms with Crippen molar-refractivity contribution >= 4 is 16.9 Å². The minimum absolute atomic E-state index is 0.342. The third-order valence-electron chi connectivity index (χ3n) is 2.66. The fourth-order valence-electron chi connectivity index (χ4n) is 1.73. The van der Waals surface area contributed by atoms with Gasteiger partial charge in [0.15, 0.2) is 6.61 Å². The molecule has 94 valence electrons. The molecule has 1 aromatic heterocycles. The first-order valence-corrected chi connectivity index (χ1v) is 5.82. The zero-order valence-electron chi connectivity index (χ0n) is 10.4. The molecule has 0 saturated heterocycles. The van der Waals surface area contributed by atoms with Crippen molar-refractivity contribution in [2.75, 3.05) is 6.61 Å². The summed E-state index contributed by atoms with van der Waals surface area (Å²) in [6.07, 6.45) is 0. The summed E-state index contributed by atoms with van der Waals surface area (Å²) in [6.45, 7) is 3.82. The van der Waals surface area contributed by atoms with E-state index < -0.39 is 5.97 Å². The number of benzene rings is 1. The van der Waals surface area contributed by atoms with Gasteiger partial charge in [-0.25, -0.2) is 4.79 Å². The first-order valence-electron chi connectivity index (χ1n) is 5.82. The Morgan fingerprint density at radius 3 is 2.78 bits per heavy atom. The second-order valence-electron chi connectivity index (χ2n) is 4.40. The van der Waals surface area contributed by atoms with Gasteiger partial charge in [0.05, 0.1) is 5.52 Å². The van der Waals surface area contributed by atoms with Crippen molar-refractivity contribution in [1.82, 2.24) is 4.98 Å². The van der Waals surface area contributed by atoms with Crippen LogP contribution in [0, 0.1) is 0 Å². The molecule has 0 aliphatic carbocycles. The highest BCUT2D eigenvalue weighted by Gasteiger charge is 2.07. The van der Waals surface area contributed by atoms with E-state index >= 15 is 0 Å². The van der Waals surface area contributed by atoms with Crippen LogP contribution in [0.15, 0.2) is 30.3 Å². The van der Waals surface area contributed by atoms with Crippen LogP contribution in [0.5, 0.6) is 5.75 Å². The lowest BCUT2D eigenvalue weighted by Crippen LogP contribution is -2.09. The number of aliphatic carboxylic acids is 1. The molecule has 2 aromatic rings. The Morgan fingerprint density at radius 2 is 2.11 bits per heavy atom. The molecule has 0 fully saturated rings. The van der Waals surface area contributed by atoms with Gasteiger partial charge in [-0.3, -0.25) is 4.98 Å². The molecule has 1 heterocycles. The van der Waals surface area contributed by atoms with Crippen molar-refractivity contribution in [3.05, 3.63) is 36.0 Å². The lowest BCUT2D eigenvalue weighted by molar-refractivity contribution is -0.139. The van der Waals surface area contributed by atoms with E-state index in [0.717, 1.165) is 16.6 Å². The molecule has 1 aromatic carbocycles. The summed E-state index contributed by atoms with van der Waals surface area (Å²) in [4.78, 5) is 15.0. The molecule has 0 atom stereocenters. The molecule has 4 heteroatoms. The normalized spacial score (nSPS) is 10.8. The summed E-state index contributed by atoms with van der Waals surface area (Å²) in [6, 6.07) is 9.34. The lowest BCUT2D eigenvalue weighted by Gasteiger charge is -2.09. The van der Waals surface area contributed by atoms with Crippen LogP contribution in [0.25, 0.3) is 10.9 Å². The minimum atomic E-state index is -0.987. The second-order valence-corrected chi connectivity index (χ2v) is 4.40. The van der Waals surface area contributed by atoms with Gasteiger partial charge in [-0.1, -0.05) is 19.9 Å². The van der Waals surface area contributed by atoms with Gasteiger partial charge in [-0.05, 0) is 30.2 Å². The largest absolute Gasteiger partial charge is 0.481 e. The summed E-state index contributed by atoms with van der Waals surface area (Å²) in [5.41, 5.74) is 1.84. The van der Waals surface area contributed by atoms with Crippen LogP contribution in [0.2, 0.25) is 0 Å². The fraction of sp³-hybridized carbons (Fsp3) is 0.286. The molecule has 1 N–H and O–H groups in total. The van der Waals surface area contributed by atoms with Crippen LogP contribution in [0.3, 0.4) is 0 Å². The first-order chi connectivity index (χ1) is 8.58. The van der Waals surface area contributed by atoms with Gasteiger partial charge in [-0.2, -0.15) is 0 Å². The fourth-order valence-corrected chi connectivity index (χ4v) is 1.73. The molecular formula is C14H15NO3. The van der Waals surface area contributed by atoms with Gasteiger partial charge in [0, 0.05) is 11.1 Å². The van der Waals surface area contributed by atoms with E-state index in [2.05, 4.69) is 18.8 Å². The van der Waals surface area contributed by atoms with Gasteiger partial charge in [0.2, 0.25) is 0 Å². The number of hydrogen-bond donors (Lipinski definition) is 1. The average molecular weight is 245 g/mol. The molecule has 0 aliphatic rings. The summed E-state index contributed by atoms with van der Waals surface area (Å²) in [5, 5.41) is 9.46. The Hall–Kier alpha value is -2.10. The molecule has 0 saturated carbocycles. The molecule has 2 rings (SSSR count). The molecule has 0 aliphatic heterocycles. The molecule has 4 nitrogen and oxygen atoms in total. The summed E-state index contributed by atoms with van der Waals surface area (Å²) in [5.74, 6) is -0.0746. The Kier molecular flexibility index (Phi) is 3.46. The number of carboxylic acid groups (broad SMARTS) is 1. The zero-order chi connectivity index (χ0) is 13.1. The number of hydrogen-bond acceptors (Lipinski definition) is 3. The number of carbonyl (C=O) groups is 1. The number of nitrogens with zero attached hydrogens (tertiary/aromatic N) is 1. The van der Waals surface area contributed by atoms with Gasteiger partial charge >= 0.3 is 5.97 Å². The predicted octanol–water partition coefficient (Wildman–Crippen LogP) is 2.82. The number of ether oxygens (including phenoxy) is 1. The number of pyridine rings is 1. The van der Waals surface area contributed by atoms with E-state index in [4.69, 9.17) is 9.84 Å². The van der Waals surface area contributed by atoms with Crippen molar-refractivity contribution in [3.63, 3.8) is 0 Å². The molecule has 0 spiro atoms. The van der Waals surface area contributed by atoms with Crippen LogP contribution < -0.4 is 4.74 Å². The van der Waals surface area contributed by atoms with Gasteiger partial charge in [0.1, 0.15) is 5.75 Å². The standard InChI is InChI=1S/C14H15NO3/c1-9(2)11-7-6-10-12(15-11)4-3-5-13(10)18-8-14(16)17/h3-7,9H,8H2,1-2H3,(H,16,17). The summed E-state index contributed by atoms with van der Waals surface area (Å²) >= 11 is 0. The number of rotatable bonds is 4. The third-order valence-corrected chi connectivity index (χ3v) is 2.66. The summed E-state index contributed by atoms with van der Waals surface area (Å²) < 4.78 is 5.24. The maximum absolute atomic E-state index is 10.5. The molecular weight excluding hydrogens is 230 g/mol. The average Bonchev–Trinajstić information content (AvgIpc) is 2.35. The maximum atomic E-state index is 10.5. The summed E-state index contributed by atoms with van der Waals surface area (Å²) in [7, 11) is 0. The first kappa shape index (κ1) is 12.4. The molecule has 18 heavy (non-hydrogen) atoms. The van der Waals surface area contributed by atoms with Gasteiger partial charge in [-0.15, -0.1) is 0 Å². The highest BCUT2D eigenvalue weighted by atomic mass is 16.5. The Balaban J connectivity index is 2.40. The van der Waals surface area contributed by atoms with E-state index in [-0.39, 0.29) is 6.61 Å². The van der Waals surface area contributed by atoms with Crippen LogP contribution in [-0.2, 0) is 4.79 Å². The highest BCUT2D eigenvalue weighted by Crippen LogP contribution is 2.26. The zero-order valence-corrected chi connectivity index (χ0v) is 10.4. The van der Waals surface area contributed by atoms with Crippen LogP contribution in [0.1, 0.15) is 25.5 Å². The maximum Gasteiger partial charge on any atom is 0.341 e. The number of carboxylic acids is 1. The predicted molar refractivity (Wildman–Crippen MR) is 69.0 cm³/mol. The lowest BCUT2D eigenvalue weighted by atomic mass is 10.1. The highest BCUT2D eigenvalue weighted by molar-refractivity contribution is 5.85. The number of fused-ring (bicyclic) bond motifs is 1. The third kappa shape index (κ3) is 2.59. The van der Waals surface area contributed by atoms with E-state index in [1.54, 1.807) is 6.07 Å². The Labute approximate surface area is 105 Å². The van der Waals surface area contributed by atoms with Crippen LogP contribution in [0.4, 0.5) is 0 Å². The van der Waals surface area contributed by atoms with Gasteiger partial charge < -0.3 is 9.84 Å². The SMILES string of the molecule is CC(C)c1ccc2c(OCC(=O)O)cccc2n1. The van der Waals surface area contributed by atoms with Crippen molar-refractivity contribution in [1.29, 1.82) is 0 Å². The second kappa shape index (κ2) is 5.04. The smallest absolute Gasteiger partial charge is 0.341 e. The molecule has 0 amide bonds. The van der Waals surface area contributed by atoms with Crippen molar-refractivity contribution in [3.8, 4) is 5.75 Å². The molecule has 0 bridgehead atoms. The van der Waals surface area contributed by atoms with E-state index in [9.17, 15) is 4.79 Å². The molecule has 0 radical (unpaired) electrons. The van der Waals surface area contributed by atoms with E-state index in [1.165, 1.54) is 0 Å². The van der Waals surface area contributed by atoms with Crippen LogP contribution in [-0.4, -0.2) is 22.7 Å². The topological polar surface area (TPSA) is 59.4 Å². The Morgan fingerprint density at radius 1 is 1.33 bits per heavy atom. The van der Waals surface area contributed by atoms with Crippen molar-refractivity contribution in [2.24, 2.45) is 0 Å². The quantitative estimate of drug-likeness (QED) is 0.899. The van der Waals surface area contributed by atoms with E-state index in [0.29, 0.717) is 11.7 Å². The number of aromatic nitrogens is 1. The van der Waals surface area contributed by atoms with Crippen molar-refractivity contribution < 1.29 is 14.6 Å². The van der Waals surface area contributed by atoms with E-state index in [1.807, 2.05) is 24.3 Å². The Bertz CT molecular complexity index is 578. The molecule has 0 unspecified atom stereocenters. The van der Waals surface area contributed by atoms with Gasteiger partial charge in [0.25, 0.3) is 0 Å².